The second-order valence-corrected chi connectivity index (χ2v) is 7.35. The Morgan fingerprint density at radius 2 is 2.03 bits per heavy atom. The summed E-state index contributed by atoms with van der Waals surface area (Å²) in [4.78, 5) is 17.3. The third kappa shape index (κ3) is 4.04. The third-order valence-corrected chi connectivity index (χ3v) is 5.21. The molecule has 1 aliphatic rings. The van der Waals surface area contributed by atoms with Crippen LogP contribution in [0.5, 0.6) is 5.75 Å². The number of nitrogens with one attached hydrogen (secondary N) is 1. The fourth-order valence-corrected chi connectivity index (χ4v) is 3.68. The quantitative estimate of drug-likeness (QED) is 0.693. The van der Waals surface area contributed by atoms with Gasteiger partial charge in [-0.05, 0) is 26.1 Å². The Balaban J connectivity index is 1.54. The fraction of sp³-hybridized carbons (Fsp3) is 0.333. The van der Waals surface area contributed by atoms with Crippen LogP contribution in [0.4, 0.5) is 17.3 Å². The van der Waals surface area contributed by atoms with Gasteiger partial charge in [0.15, 0.2) is 5.69 Å². The van der Waals surface area contributed by atoms with Gasteiger partial charge in [-0.3, -0.25) is 0 Å². The number of ether oxygens (including phenoxy) is 1. The van der Waals surface area contributed by atoms with Crippen molar-refractivity contribution in [3.05, 3.63) is 48.8 Å². The van der Waals surface area contributed by atoms with Crippen LogP contribution in [0.15, 0.2) is 43.1 Å². The van der Waals surface area contributed by atoms with E-state index in [4.69, 9.17) is 10.00 Å². The van der Waals surface area contributed by atoms with Gasteiger partial charge >= 0.3 is 0 Å². The number of hydrogen-bond acceptors (Lipinski definition) is 8. The highest BCUT2D eigenvalue weighted by atomic mass is 16.5. The van der Waals surface area contributed by atoms with Crippen LogP contribution in [-0.4, -0.2) is 64.3 Å². The van der Waals surface area contributed by atoms with E-state index >= 15 is 0 Å². The van der Waals surface area contributed by atoms with Crippen LogP contribution in [0.1, 0.15) is 12.6 Å². The summed E-state index contributed by atoms with van der Waals surface area (Å²) in [5, 5.41) is 11.9. The molecule has 3 aromatic rings. The number of imidazole rings is 1. The number of nitriles is 1. The van der Waals surface area contributed by atoms with Crippen molar-refractivity contribution >= 4 is 17.3 Å². The number of methoxy groups -OCH3 is 1. The molecule has 0 saturated carbocycles. The van der Waals surface area contributed by atoms with Gasteiger partial charge in [0.1, 0.15) is 29.8 Å². The SMILES string of the molecule is COc1cc(N2CCN(C)CC2C)ccc1-n1cnc(Nc2cnc(C#N)cn2)c1. The number of rotatable bonds is 5. The predicted molar refractivity (Wildman–Crippen MR) is 114 cm³/mol. The van der Waals surface area contributed by atoms with Crippen molar-refractivity contribution < 1.29 is 4.74 Å². The van der Waals surface area contributed by atoms with Gasteiger partial charge in [0, 0.05) is 37.4 Å². The van der Waals surface area contributed by atoms with Crippen molar-refractivity contribution in [2.45, 2.75) is 13.0 Å². The van der Waals surface area contributed by atoms with Gasteiger partial charge < -0.3 is 24.4 Å². The molecule has 1 atom stereocenters. The van der Waals surface area contributed by atoms with Crippen molar-refractivity contribution in [1.82, 2.24) is 24.4 Å². The molecule has 0 bridgehead atoms. The molecule has 1 N–H and O–H groups in total. The molecule has 30 heavy (non-hydrogen) atoms. The zero-order chi connectivity index (χ0) is 21.1. The van der Waals surface area contributed by atoms with Crippen molar-refractivity contribution in [3.8, 4) is 17.5 Å². The molecule has 9 nitrogen and oxygen atoms in total. The van der Waals surface area contributed by atoms with E-state index in [1.54, 1.807) is 13.4 Å². The minimum atomic E-state index is 0.269. The van der Waals surface area contributed by atoms with Gasteiger partial charge in [-0.1, -0.05) is 0 Å². The maximum atomic E-state index is 8.82. The molecule has 1 aromatic carbocycles. The van der Waals surface area contributed by atoms with Gasteiger partial charge in [0.25, 0.3) is 0 Å². The largest absolute Gasteiger partial charge is 0.494 e. The molecule has 9 heteroatoms. The predicted octanol–water partition coefficient (Wildman–Crippen LogP) is 2.43. The highest BCUT2D eigenvalue weighted by Gasteiger charge is 2.22. The Morgan fingerprint density at radius 1 is 1.17 bits per heavy atom. The normalized spacial score (nSPS) is 16.9. The topological polar surface area (TPSA) is 95.1 Å². The van der Waals surface area contributed by atoms with Gasteiger partial charge in [-0.15, -0.1) is 0 Å². The maximum Gasteiger partial charge on any atom is 0.158 e. The zero-order valence-corrected chi connectivity index (χ0v) is 17.3. The summed E-state index contributed by atoms with van der Waals surface area (Å²) in [6.07, 6.45) is 6.50. The van der Waals surface area contributed by atoms with Crippen LogP contribution in [0.3, 0.4) is 0 Å². The molecular formula is C21H24N8O. The second kappa shape index (κ2) is 8.39. The molecule has 154 valence electrons. The Kier molecular flexibility index (Phi) is 5.50. The number of aromatic nitrogens is 4. The van der Waals surface area contributed by atoms with Crippen molar-refractivity contribution in [1.29, 1.82) is 5.26 Å². The molecule has 4 rings (SSSR count). The molecule has 1 fully saturated rings. The van der Waals surface area contributed by atoms with E-state index in [1.165, 1.54) is 12.4 Å². The number of anilines is 3. The van der Waals surface area contributed by atoms with Crippen LogP contribution in [-0.2, 0) is 0 Å². The number of hydrogen-bond donors (Lipinski definition) is 1. The summed E-state index contributed by atoms with van der Waals surface area (Å²) < 4.78 is 7.58. The van der Waals surface area contributed by atoms with Crippen LogP contribution in [0, 0.1) is 11.3 Å². The molecule has 0 aliphatic carbocycles. The molecule has 0 spiro atoms. The minimum Gasteiger partial charge on any atom is -0.494 e. The summed E-state index contributed by atoms with van der Waals surface area (Å²) in [6.45, 7) is 5.32. The van der Waals surface area contributed by atoms with E-state index in [2.05, 4.69) is 56.2 Å². The highest BCUT2D eigenvalue weighted by molar-refractivity contribution is 5.61. The van der Waals surface area contributed by atoms with Gasteiger partial charge in [-0.25, -0.2) is 15.0 Å². The summed E-state index contributed by atoms with van der Waals surface area (Å²) in [7, 11) is 3.84. The first-order valence-corrected chi connectivity index (χ1v) is 9.74. The van der Waals surface area contributed by atoms with Crippen molar-refractivity contribution in [3.63, 3.8) is 0 Å². The Labute approximate surface area is 175 Å². The van der Waals surface area contributed by atoms with Crippen LogP contribution in [0.2, 0.25) is 0 Å². The van der Waals surface area contributed by atoms with E-state index in [-0.39, 0.29) is 5.69 Å². The Hall–Kier alpha value is -3.64. The van der Waals surface area contributed by atoms with Gasteiger partial charge in [0.05, 0.1) is 31.4 Å². The average Bonchev–Trinajstić information content (AvgIpc) is 3.22. The van der Waals surface area contributed by atoms with Crippen molar-refractivity contribution in [2.75, 3.05) is 44.0 Å². The maximum absolute atomic E-state index is 8.82. The highest BCUT2D eigenvalue weighted by Crippen LogP contribution is 2.31. The van der Waals surface area contributed by atoms with Crippen LogP contribution >= 0.6 is 0 Å². The smallest absolute Gasteiger partial charge is 0.158 e. The summed E-state index contributed by atoms with van der Waals surface area (Å²) in [5.41, 5.74) is 2.32. The minimum absolute atomic E-state index is 0.269. The molecular weight excluding hydrogens is 380 g/mol. The van der Waals surface area contributed by atoms with Crippen LogP contribution < -0.4 is 15.0 Å². The lowest BCUT2D eigenvalue weighted by Crippen LogP contribution is -2.50. The average molecular weight is 404 g/mol. The number of piperazine rings is 1. The first kappa shape index (κ1) is 19.7. The third-order valence-electron chi connectivity index (χ3n) is 5.21. The zero-order valence-electron chi connectivity index (χ0n) is 17.3. The van der Waals surface area contributed by atoms with E-state index in [9.17, 15) is 0 Å². The standard InChI is InChI=1S/C21H24N8O/c1-15-12-27(2)6-7-29(15)17-4-5-18(19(8-17)30-3)28-13-21(25-14-28)26-20-11-23-16(9-22)10-24-20/h4-5,8,10-11,13-15H,6-7,12H2,1-3H3,(H,24,26). The van der Waals surface area contributed by atoms with Gasteiger partial charge in [0.2, 0.25) is 0 Å². The second-order valence-electron chi connectivity index (χ2n) is 7.35. The van der Waals surface area contributed by atoms with E-state index < -0.39 is 0 Å². The first-order chi connectivity index (χ1) is 14.6. The summed E-state index contributed by atoms with van der Waals surface area (Å²) >= 11 is 0. The molecule has 1 aliphatic heterocycles. The Bertz CT molecular complexity index is 1060. The number of likely N-dealkylation sites (N-methyl/N-ethyl adjacent to an activating group) is 1. The van der Waals surface area contributed by atoms with E-state index in [1.807, 2.05) is 22.9 Å². The van der Waals surface area contributed by atoms with Crippen molar-refractivity contribution in [2.24, 2.45) is 0 Å². The monoisotopic (exact) mass is 404 g/mol. The molecule has 1 unspecified atom stereocenters. The lowest BCUT2D eigenvalue weighted by atomic mass is 10.1. The molecule has 0 amide bonds. The fourth-order valence-electron chi connectivity index (χ4n) is 3.68. The van der Waals surface area contributed by atoms with E-state index in [0.29, 0.717) is 17.7 Å². The first-order valence-electron chi connectivity index (χ1n) is 9.74. The molecule has 2 aromatic heterocycles. The van der Waals surface area contributed by atoms with Crippen LogP contribution in [0.25, 0.3) is 5.69 Å². The summed E-state index contributed by atoms with van der Waals surface area (Å²) in [6, 6.07) is 8.64. The molecule has 1 saturated heterocycles. The Morgan fingerprint density at radius 3 is 2.73 bits per heavy atom. The lowest BCUT2D eigenvalue weighted by molar-refractivity contribution is 0.275. The number of benzene rings is 1. The lowest BCUT2D eigenvalue weighted by Gasteiger charge is -2.40. The van der Waals surface area contributed by atoms with E-state index in [0.717, 1.165) is 36.8 Å². The van der Waals surface area contributed by atoms with Gasteiger partial charge in [-0.2, -0.15) is 5.26 Å². The number of nitrogens with zero attached hydrogens (tertiary/aromatic N) is 7. The molecule has 3 heterocycles. The summed E-state index contributed by atoms with van der Waals surface area (Å²) in [5.74, 6) is 1.92. The molecule has 0 radical (unpaired) electrons.